The van der Waals surface area contributed by atoms with Gasteiger partial charge in [0.05, 0.1) is 7.11 Å². The van der Waals surface area contributed by atoms with Crippen molar-refractivity contribution in [3.8, 4) is 5.75 Å². The quantitative estimate of drug-likeness (QED) is 0.560. The smallest absolute Gasteiger partial charge is 0.257 e. The number of ether oxygens (including phenoxy) is 1. The van der Waals surface area contributed by atoms with E-state index in [0.717, 1.165) is 4.31 Å². The first kappa shape index (κ1) is 22.4. The lowest BCUT2D eigenvalue weighted by atomic mass is 10.1. The zero-order valence-electron chi connectivity index (χ0n) is 16.9. The Morgan fingerprint density at radius 2 is 1.65 bits per heavy atom. The second kappa shape index (κ2) is 9.25. The maximum atomic E-state index is 12.6. The first-order valence-corrected chi connectivity index (χ1v) is 11.3. The van der Waals surface area contributed by atoms with Gasteiger partial charge in [-0.2, -0.15) is 0 Å². The second-order valence-corrected chi connectivity index (χ2v) is 9.49. The van der Waals surface area contributed by atoms with E-state index in [4.69, 9.17) is 4.74 Å². The molecule has 0 saturated carbocycles. The Kier molecular flexibility index (Phi) is 6.68. The van der Waals surface area contributed by atoms with Gasteiger partial charge in [-0.05, 0) is 42.5 Å². The lowest BCUT2D eigenvalue weighted by Gasteiger charge is -2.15. The molecule has 0 aliphatic rings. The van der Waals surface area contributed by atoms with Crippen LogP contribution in [0.1, 0.15) is 20.7 Å². The molecule has 3 rings (SSSR count). The summed E-state index contributed by atoms with van der Waals surface area (Å²) in [7, 11) is 0.345. The van der Waals surface area contributed by atoms with Crippen LogP contribution in [0.15, 0.2) is 58.9 Å². The number of amides is 2. The van der Waals surface area contributed by atoms with Crippen LogP contribution in [0.2, 0.25) is 0 Å². The van der Waals surface area contributed by atoms with Crippen molar-refractivity contribution in [2.75, 3.05) is 31.8 Å². The van der Waals surface area contributed by atoms with Crippen molar-refractivity contribution in [3.05, 3.63) is 65.2 Å². The van der Waals surface area contributed by atoms with Crippen LogP contribution in [0.5, 0.6) is 5.75 Å². The van der Waals surface area contributed by atoms with Gasteiger partial charge in [0.1, 0.15) is 10.6 Å². The van der Waals surface area contributed by atoms with E-state index in [2.05, 4.69) is 15.6 Å². The number of sulfonamides is 1. The van der Waals surface area contributed by atoms with Crippen molar-refractivity contribution in [1.82, 2.24) is 9.29 Å². The first-order valence-electron chi connectivity index (χ1n) is 8.95. The topological polar surface area (TPSA) is 118 Å². The lowest BCUT2D eigenvalue weighted by Crippen LogP contribution is -2.23. The third-order valence-electron chi connectivity index (χ3n) is 4.24. The van der Waals surface area contributed by atoms with Crippen molar-refractivity contribution in [2.24, 2.45) is 0 Å². The number of hydrogen-bond acceptors (Lipinski definition) is 7. The first-order chi connectivity index (χ1) is 14.7. The molecule has 0 bridgehead atoms. The molecule has 11 heteroatoms. The fourth-order valence-corrected chi connectivity index (χ4v) is 4.18. The highest BCUT2D eigenvalue weighted by Crippen LogP contribution is 2.27. The Hall–Kier alpha value is -3.28. The number of aromatic nitrogens is 1. The summed E-state index contributed by atoms with van der Waals surface area (Å²) < 4.78 is 31.2. The van der Waals surface area contributed by atoms with Crippen LogP contribution in [0.3, 0.4) is 0 Å². The Labute approximate surface area is 183 Å². The number of benzene rings is 2. The molecule has 2 N–H and O–H groups in total. The summed E-state index contributed by atoms with van der Waals surface area (Å²) in [6, 6.07) is 10.4. The van der Waals surface area contributed by atoms with Crippen LogP contribution in [0.25, 0.3) is 0 Å². The molecule has 162 valence electrons. The number of thiazole rings is 1. The number of anilines is 2. The molecule has 0 spiro atoms. The van der Waals surface area contributed by atoms with Crippen LogP contribution in [0, 0.1) is 0 Å². The number of rotatable bonds is 7. The largest absolute Gasteiger partial charge is 0.495 e. The van der Waals surface area contributed by atoms with E-state index in [1.807, 2.05) is 0 Å². The van der Waals surface area contributed by atoms with Crippen molar-refractivity contribution in [1.29, 1.82) is 0 Å². The van der Waals surface area contributed by atoms with Gasteiger partial charge in [0.15, 0.2) is 5.13 Å². The van der Waals surface area contributed by atoms with Crippen molar-refractivity contribution in [3.63, 3.8) is 0 Å². The summed E-state index contributed by atoms with van der Waals surface area (Å²) in [5, 5.41) is 7.60. The van der Waals surface area contributed by atoms with E-state index >= 15 is 0 Å². The highest BCUT2D eigenvalue weighted by Gasteiger charge is 2.24. The molecule has 0 radical (unpaired) electrons. The average molecular weight is 461 g/mol. The molecule has 0 saturated heterocycles. The van der Waals surface area contributed by atoms with E-state index in [-0.39, 0.29) is 22.1 Å². The van der Waals surface area contributed by atoms with E-state index in [0.29, 0.717) is 16.4 Å². The standard InChI is InChI=1S/C20H20N4O5S2/c1-24(2)31(27,28)17-12-14(6-9-16(17)29-3)19(26)22-15-7-4-13(5-8-15)18(25)23-20-21-10-11-30-20/h4-12H,1-3H3,(H,22,26)(H,21,23,25). The molecule has 1 aromatic heterocycles. The minimum absolute atomic E-state index is 0.109. The Morgan fingerprint density at radius 3 is 2.23 bits per heavy atom. The van der Waals surface area contributed by atoms with E-state index in [1.54, 1.807) is 35.8 Å². The summed E-state index contributed by atoms with van der Waals surface area (Å²) >= 11 is 1.31. The summed E-state index contributed by atoms with van der Waals surface area (Å²) in [6.07, 6.45) is 1.59. The highest BCUT2D eigenvalue weighted by molar-refractivity contribution is 7.89. The molecular weight excluding hydrogens is 440 g/mol. The molecule has 0 aliphatic carbocycles. The molecule has 2 aromatic carbocycles. The van der Waals surface area contributed by atoms with Gasteiger partial charge in [0.25, 0.3) is 11.8 Å². The molecular formula is C20H20N4O5S2. The summed E-state index contributed by atoms with van der Waals surface area (Å²) in [5.74, 6) is -0.680. The van der Waals surface area contributed by atoms with Crippen LogP contribution in [0.4, 0.5) is 10.8 Å². The van der Waals surface area contributed by atoms with Crippen LogP contribution in [-0.4, -0.2) is 50.7 Å². The van der Waals surface area contributed by atoms with Crippen molar-refractivity contribution in [2.45, 2.75) is 4.90 Å². The van der Waals surface area contributed by atoms with Gasteiger partial charge >= 0.3 is 0 Å². The molecule has 1 heterocycles. The third-order valence-corrected chi connectivity index (χ3v) is 6.77. The van der Waals surface area contributed by atoms with Gasteiger partial charge in [-0.15, -0.1) is 11.3 Å². The predicted octanol–water partition coefficient (Wildman–Crippen LogP) is 2.91. The van der Waals surface area contributed by atoms with Gasteiger partial charge in [-0.3, -0.25) is 14.9 Å². The fourth-order valence-electron chi connectivity index (χ4n) is 2.58. The van der Waals surface area contributed by atoms with E-state index in [1.165, 1.54) is 50.7 Å². The molecule has 9 nitrogen and oxygen atoms in total. The Morgan fingerprint density at radius 1 is 1.00 bits per heavy atom. The molecule has 3 aromatic rings. The summed E-state index contributed by atoms with van der Waals surface area (Å²) in [5.41, 5.74) is 0.993. The van der Waals surface area contributed by atoms with Crippen LogP contribution in [-0.2, 0) is 10.0 Å². The van der Waals surface area contributed by atoms with Gasteiger partial charge in [-0.25, -0.2) is 17.7 Å². The Bertz CT molecular complexity index is 1190. The second-order valence-electron chi connectivity index (χ2n) is 6.48. The molecule has 31 heavy (non-hydrogen) atoms. The fraction of sp³-hybridized carbons (Fsp3) is 0.150. The molecule has 0 unspecified atom stereocenters. The van der Waals surface area contributed by atoms with E-state index < -0.39 is 15.9 Å². The maximum absolute atomic E-state index is 12.6. The van der Waals surface area contributed by atoms with Crippen molar-refractivity contribution >= 4 is 44.0 Å². The van der Waals surface area contributed by atoms with Gasteiger partial charge in [0.2, 0.25) is 10.0 Å². The summed E-state index contributed by atoms with van der Waals surface area (Å²) in [4.78, 5) is 28.7. The number of carbonyl (C=O) groups is 2. The number of nitrogens with one attached hydrogen (secondary N) is 2. The molecule has 0 aliphatic heterocycles. The molecule has 0 atom stereocenters. The van der Waals surface area contributed by atoms with Crippen molar-refractivity contribution < 1.29 is 22.7 Å². The molecule has 0 fully saturated rings. The van der Waals surface area contributed by atoms with Gasteiger partial charge in [-0.1, -0.05) is 0 Å². The minimum atomic E-state index is -3.81. The highest BCUT2D eigenvalue weighted by atomic mass is 32.2. The summed E-state index contributed by atoms with van der Waals surface area (Å²) in [6.45, 7) is 0. The lowest BCUT2D eigenvalue weighted by molar-refractivity contribution is 0.101. The van der Waals surface area contributed by atoms with Gasteiger partial charge < -0.3 is 10.1 Å². The predicted molar refractivity (Wildman–Crippen MR) is 118 cm³/mol. The van der Waals surface area contributed by atoms with E-state index in [9.17, 15) is 18.0 Å². The zero-order chi connectivity index (χ0) is 22.6. The van der Waals surface area contributed by atoms with Crippen LogP contribution >= 0.6 is 11.3 Å². The maximum Gasteiger partial charge on any atom is 0.257 e. The zero-order valence-corrected chi connectivity index (χ0v) is 18.6. The normalized spacial score (nSPS) is 11.2. The van der Waals surface area contributed by atoms with Crippen LogP contribution < -0.4 is 15.4 Å². The number of hydrogen-bond donors (Lipinski definition) is 2. The third kappa shape index (κ3) is 5.08. The number of nitrogens with zero attached hydrogens (tertiary/aromatic N) is 2. The SMILES string of the molecule is COc1ccc(C(=O)Nc2ccc(C(=O)Nc3nccs3)cc2)cc1S(=O)(=O)N(C)C. The molecule has 2 amide bonds. The number of methoxy groups -OCH3 is 1. The average Bonchev–Trinajstić information content (AvgIpc) is 3.26. The number of carbonyl (C=O) groups excluding carboxylic acids is 2. The minimum Gasteiger partial charge on any atom is -0.495 e. The Balaban J connectivity index is 1.76. The monoisotopic (exact) mass is 460 g/mol. The van der Waals surface area contributed by atoms with Gasteiger partial charge in [0, 0.05) is 42.5 Å².